The van der Waals surface area contributed by atoms with Gasteiger partial charge in [0.05, 0.1) is 11.6 Å². The van der Waals surface area contributed by atoms with Crippen LogP contribution in [0, 0.1) is 11.3 Å². The number of hydrogen-bond donors (Lipinski definition) is 0. The summed E-state index contributed by atoms with van der Waals surface area (Å²) in [6.45, 7) is 11.2. The van der Waals surface area contributed by atoms with E-state index in [2.05, 4.69) is 39.9 Å². The Morgan fingerprint density at radius 1 is 1.18 bits per heavy atom. The Balaban J connectivity index is 2.79. The van der Waals surface area contributed by atoms with Gasteiger partial charge in [-0.25, -0.2) is 0 Å². The van der Waals surface area contributed by atoms with Gasteiger partial charge in [-0.05, 0) is 35.5 Å². The number of benzene rings is 1. The van der Waals surface area contributed by atoms with Crippen molar-refractivity contribution < 1.29 is 4.12 Å². The monoisotopic (exact) mass is 263 g/mol. The molecule has 0 amide bonds. The predicted molar refractivity (Wildman–Crippen MR) is 77.6 cm³/mol. The quantitative estimate of drug-likeness (QED) is 0.784. The normalized spacial score (nSPS) is 12.9. The summed E-state index contributed by atoms with van der Waals surface area (Å²) in [5.41, 5.74) is 0.714. The van der Waals surface area contributed by atoms with Gasteiger partial charge in [-0.1, -0.05) is 32.9 Å². The first-order valence-corrected chi connectivity index (χ1v) is 10.1. The number of nitriles is 1. The third-order valence-corrected chi connectivity index (χ3v) is 8.63. The van der Waals surface area contributed by atoms with E-state index in [-0.39, 0.29) is 0 Å². The SMILES string of the molecule is CC(C)(C)[SiH2]O[Si](C)(C)c1ccc(C#N)cc1. The van der Waals surface area contributed by atoms with Crippen molar-refractivity contribution in [2.75, 3.05) is 0 Å². The molecule has 0 saturated carbocycles. The maximum Gasteiger partial charge on any atom is 0.205 e. The van der Waals surface area contributed by atoms with Crippen molar-refractivity contribution in [1.82, 2.24) is 0 Å². The zero-order valence-corrected chi connectivity index (χ0v) is 13.8. The average Bonchev–Trinajstić information content (AvgIpc) is 2.26. The van der Waals surface area contributed by atoms with E-state index in [0.717, 1.165) is 0 Å². The van der Waals surface area contributed by atoms with Gasteiger partial charge in [0.15, 0.2) is 9.76 Å². The molecule has 0 radical (unpaired) electrons. The summed E-state index contributed by atoms with van der Waals surface area (Å²) in [5, 5.41) is 10.4. The summed E-state index contributed by atoms with van der Waals surface area (Å²) >= 11 is 0. The lowest BCUT2D eigenvalue weighted by Crippen LogP contribution is -2.46. The molecule has 92 valence electrons. The highest BCUT2D eigenvalue weighted by Gasteiger charge is 2.27. The lowest BCUT2D eigenvalue weighted by molar-refractivity contribution is 0.550. The van der Waals surface area contributed by atoms with E-state index >= 15 is 0 Å². The highest BCUT2D eigenvalue weighted by molar-refractivity contribution is 6.87. The van der Waals surface area contributed by atoms with Crippen molar-refractivity contribution in [3.05, 3.63) is 29.8 Å². The molecule has 2 nitrogen and oxygen atoms in total. The fourth-order valence-corrected chi connectivity index (χ4v) is 6.24. The molecule has 1 rings (SSSR count). The van der Waals surface area contributed by atoms with Gasteiger partial charge in [-0.15, -0.1) is 0 Å². The summed E-state index contributed by atoms with van der Waals surface area (Å²) in [6.07, 6.45) is 0. The third-order valence-electron chi connectivity index (χ3n) is 2.58. The van der Waals surface area contributed by atoms with E-state index in [9.17, 15) is 0 Å². The maximum atomic E-state index is 8.78. The number of nitrogens with zero attached hydrogens (tertiary/aromatic N) is 1. The Morgan fingerprint density at radius 2 is 1.71 bits per heavy atom. The van der Waals surface area contributed by atoms with Crippen LogP contribution in [0.1, 0.15) is 26.3 Å². The van der Waals surface area contributed by atoms with Gasteiger partial charge in [0.25, 0.3) is 0 Å². The fraction of sp³-hybridized carbons (Fsp3) is 0.462. The van der Waals surface area contributed by atoms with Crippen LogP contribution in [0.5, 0.6) is 0 Å². The van der Waals surface area contributed by atoms with Crippen molar-refractivity contribution in [3.63, 3.8) is 0 Å². The first-order valence-electron chi connectivity index (χ1n) is 5.89. The van der Waals surface area contributed by atoms with Gasteiger partial charge in [0.1, 0.15) is 0 Å². The van der Waals surface area contributed by atoms with E-state index in [1.165, 1.54) is 5.19 Å². The van der Waals surface area contributed by atoms with Crippen molar-refractivity contribution >= 4 is 23.3 Å². The van der Waals surface area contributed by atoms with Crippen LogP contribution in [0.4, 0.5) is 0 Å². The van der Waals surface area contributed by atoms with Crippen LogP contribution in [-0.4, -0.2) is 18.1 Å². The fourth-order valence-electron chi connectivity index (χ4n) is 1.43. The molecule has 4 heteroatoms. The Morgan fingerprint density at radius 3 is 2.12 bits per heavy atom. The van der Waals surface area contributed by atoms with Gasteiger partial charge in [-0.3, -0.25) is 0 Å². The second kappa shape index (κ2) is 5.17. The first kappa shape index (κ1) is 14.2. The van der Waals surface area contributed by atoms with Crippen LogP contribution in [-0.2, 0) is 4.12 Å². The lowest BCUT2D eigenvalue weighted by Gasteiger charge is -2.28. The minimum atomic E-state index is -1.77. The Hall–Kier alpha value is -0.896. The molecule has 0 N–H and O–H groups in total. The second-order valence-corrected chi connectivity index (χ2v) is 13.2. The molecule has 1 aromatic carbocycles. The van der Waals surface area contributed by atoms with Gasteiger partial charge in [0.2, 0.25) is 8.32 Å². The Kier molecular flexibility index (Phi) is 4.31. The van der Waals surface area contributed by atoms with Crippen molar-refractivity contribution in [2.24, 2.45) is 0 Å². The van der Waals surface area contributed by atoms with Crippen LogP contribution in [0.25, 0.3) is 0 Å². The smallest absolute Gasteiger partial charge is 0.205 e. The Bertz CT molecular complexity index is 413. The predicted octanol–water partition coefficient (Wildman–Crippen LogP) is 2.29. The molecule has 0 aliphatic heterocycles. The van der Waals surface area contributed by atoms with Crippen LogP contribution in [0.3, 0.4) is 0 Å². The van der Waals surface area contributed by atoms with E-state index in [4.69, 9.17) is 9.38 Å². The van der Waals surface area contributed by atoms with Crippen LogP contribution in [0.15, 0.2) is 24.3 Å². The van der Waals surface area contributed by atoms with Gasteiger partial charge in [0, 0.05) is 0 Å². The van der Waals surface area contributed by atoms with E-state index < -0.39 is 18.1 Å². The molecular weight excluding hydrogens is 242 g/mol. The van der Waals surface area contributed by atoms with Gasteiger partial charge in [-0.2, -0.15) is 5.26 Å². The minimum absolute atomic E-state index is 0.330. The van der Waals surface area contributed by atoms with Crippen molar-refractivity contribution in [2.45, 2.75) is 38.9 Å². The van der Waals surface area contributed by atoms with E-state index in [1.807, 2.05) is 24.3 Å². The summed E-state index contributed by atoms with van der Waals surface area (Å²) < 4.78 is 6.25. The van der Waals surface area contributed by atoms with E-state index in [1.54, 1.807) is 0 Å². The molecule has 0 atom stereocenters. The van der Waals surface area contributed by atoms with Crippen molar-refractivity contribution in [3.8, 4) is 6.07 Å². The molecule has 1 aromatic rings. The molecule has 0 unspecified atom stereocenters. The molecule has 0 fully saturated rings. The minimum Gasteiger partial charge on any atom is -0.457 e. The molecule has 0 bridgehead atoms. The topological polar surface area (TPSA) is 33.0 Å². The molecular formula is C13H21NOSi2. The molecule has 0 spiro atoms. The summed E-state index contributed by atoms with van der Waals surface area (Å²) in [7, 11) is -2.29. The molecule has 17 heavy (non-hydrogen) atoms. The molecule has 0 aromatic heterocycles. The van der Waals surface area contributed by atoms with Crippen LogP contribution in [0.2, 0.25) is 18.1 Å². The standard InChI is InChI=1S/C13H21NOSi2/c1-13(2,3)16-15-17(4,5)12-8-6-11(10-14)7-9-12/h6-9H,16H2,1-5H3. The zero-order valence-electron chi connectivity index (χ0n) is 11.4. The van der Waals surface area contributed by atoms with Gasteiger partial charge >= 0.3 is 0 Å². The molecule has 0 aliphatic carbocycles. The van der Waals surface area contributed by atoms with E-state index in [0.29, 0.717) is 10.6 Å². The van der Waals surface area contributed by atoms with Crippen molar-refractivity contribution in [1.29, 1.82) is 5.26 Å². The second-order valence-electron chi connectivity index (χ2n) is 6.05. The molecule has 0 aliphatic rings. The zero-order chi connectivity index (χ0) is 13.1. The summed E-state index contributed by atoms with van der Waals surface area (Å²) in [5.74, 6) is 0. The number of hydrogen-bond acceptors (Lipinski definition) is 2. The largest absolute Gasteiger partial charge is 0.457 e. The van der Waals surface area contributed by atoms with Crippen LogP contribution < -0.4 is 5.19 Å². The molecule has 0 saturated heterocycles. The lowest BCUT2D eigenvalue weighted by atomic mass is 10.2. The van der Waals surface area contributed by atoms with Gasteiger partial charge < -0.3 is 4.12 Å². The third kappa shape index (κ3) is 4.46. The average molecular weight is 263 g/mol. The van der Waals surface area contributed by atoms with Crippen LogP contribution >= 0.6 is 0 Å². The highest BCUT2D eigenvalue weighted by Crippen LogP contribution is 2.22. The first-order chi connectivity index (χ1) is 7.74. The summed E-state index contributed by atoms with van der Waals surface area (Å²) in [4.78, 5) is 0. The highest BCUT2D eigenvalue weighted by atomic mass is 28.4. The maximum absolute atomic E-state index is 8.78. The summed E-state index contributed by atoms with van der Waals surface area (Å²) in [6, 6.07) is 9.99. The number of rotatable bonds is 3. The molecule has 0 heterocycles. The Labute approximate surface area is 108 Å².